The topological polar surface area (TPSA) is 67.7 Å². The predicted molar refractivity (Wildman–Crippen MR) is 139 cm³/mol. The molecule has 0 saturated carbocycles. The number of benzene rings is 2. The van der Waals surface area contributed by atoms with Crippen LogP contribution in [0.4, 0.5) is 11.4 Å². The SMILES string of the molecule is COC[C@H]1CN(c2ccc3c(c2)CN2[C@H](C)CN(c4ccc(C#N)c5ncccc45)C[C@H]32)CCN1. The quantitative estimate of drug-likeness (QED) is 0.630. The number of piperazine rings is 2. The number of methoxy groups -OCH3 is 1. The van der Waals surface area contributed by atoms with Gasteiger partial charge in [-0.05, 0) is 54.4 Å². The highest BCUT2D eigenvalue weighted by Crippen LogP contribution is 2.42. The van der Waals surface area contributed by atoms with E-state index in [-0.39, 0.29) is 0 Å². The number of nitrogens with one attached hydrogen (secondary N) is 1. The van der Waals surface area contributed by atoms with Crippen molar-refractivity contribution < 1.29 is 4.74 Å². The average molecular weight is 469 g/mol. The van der Waals surface area contributed by atoms with E-state index in [2.05, 4.69) is 68.3 Å². The standard InChI is InChI=1S/C28H32N6O/c1-19-14-33(26-8-5-20(13-29)28-25(26)4-3-9-31-28)17-27-24-7-6-23(12-21(24)15-34(19)27)32-11-10-30-22(16-32)18-35-2/h3-9,12,19,22,27,30H,10-11,14-18H2,1-2H3/t19-,22-,27-/m1/s1. The van der Waals surface area contributed by atoms with Crippen LogP contribution in [0, 0.1) is 11.3 Å². The number of pyridine rings is 1. The third-order valence-electron chi connectivity index (χ3n) is 7.88. The van der Waals surface area contributed by atoms with E-state index in [1.165, 1.54) is 22.5 Å². The molecule has 2 saturated heterocycles. The van der Waals surface area contributed by atoms with Gasteiger partial charge in [0.1, 0.15) is 6.07 Å². The summed E-state index contributed by atoms with van der Waals surface area (Å²) in [6.45, 7) is 8.97. The van der Waals surface area contributed by atoms with Crippen LogP contribution in [0.3, 0.4) is 0 Å². The van der Waals surface area contributed by atoms with E-state index >= 15 is 0 Å². The van der Waals surface area contributed by atoms with E-state index in [0.717, 1.165) is 56.8 Å². The van der Waals surface area contributed by atoms with Crippen LogP contribution in [0.5, 0.6) is 0 Å². The van der Waals surface area contributed by atoms with Gasteiger partial charge in [-0.25, -0.2) is 0 Å². The maximum absolute atomic E-state index is 9.55. The maximum Gasteiger partial charge on any atom is 0.101 e. The maximum atomic E-state index is 9.55. The molecule has 7 heteroatoms. The lowest BCUT2D eigenvalue weighted by atomic mass is 9.99. The molecule has 180 valence electrons. The Kier molecular flexibility index (Phi) is 5.81. The zero-order valence-corrected chi connectivity index (χ0v) is 20.4. The Morgan fingerprint density at radius 3 is 2.91 bits per heavy atom. The monoisotopic (exact) mass is 468 g/mol. The lowest BCUT2D eigenvalue weighted by Gasteiger charge is -2.44. The second-order valence-electron chi connectivity index (χ2n) is 10.0. The van der Waals surface area contributed by atoms with Crippen LogP contribution in [-0.4, -0.2) is 68.4 Å². The zero-order valence-electron chi connectivity index (χ0n) is 20.4. The van der Waals surface area contributed by atoms with Crippen LogP contribution in [0.2, 0.25) is 0 Å². The van der Waals surface area contributed by atoms with E-state index in [1.54, 1.807) is 13.3 Å². The van der Waals surface area contributed by atoms with Crippen LogP contribution in [-0.2, 0) is 11.3 Å². The molecule has 35 heavy (non-hydrogen) atoms. The average Bonchev–Trinajstić information content (AvgIpc) is 3.27. The highest BCUT2D eigenvalue weighted by molar-refractivity contribution is 5.95. The fraction of sp³-hybridized carbons (Fsp3) is 0.429. The molecule has 7 nitrogen and oxygen atoms in total. The Morgan fingerprint density at radius 2 is 2.06 bits per heavy atom. The molecule has 0 aliphatic carbocycles. The number of hydrogen-bond donors (Lipinski definition) is 1. The van der Waals surface area contributed by atoms with E-state index in [9.17, 15) is 5.26 Å². The number of nitriles is 1. The van der Waals surface area contributed by atoms with Crippen molar-refractivity contribution in [1.82, 2.24) is 15.2 Å². The van der Waals surface area contributed by atoms with Crippen molar-refractivity contribution in [2.24, 2.45) is 0 Å². The van der Waals surface area contributed by atoms with E-state index in [0.29, 0.717) is 23.7 Å². The smallest absolute Gasteiger partial charge is 0.101 e. The van der Waals surface area contributed by atoms with Crippen molar-refractivity contribution in [3.63, 3.8) is 0 Å². The summed E-state index contributed by atoms with van der Waals surface area (Å²) in [5, 5.41) is 14.2. The second-order valence-corrected chi connectivity index (χ2v) is 10.0. The third-order valence-corrected chi connectivity index (χ3v) is 7.88. The molecule has 0 radical (unpaired) electrons. The fourth-order valence-electron chi connectivity index (χ4n) is 6.20. The minimum Gasteiger partial charge on any atom is -0.383 e. The van der Waals surface area contributed by atoms with Gasteiger partial charge in [0, 0.05) is 81.4 Å². The minimum absolute atomic E-state index is 0.370. The first-order valence-corrected chi connectivity index (χ1v) is 12.5. The van der Waals surface area contributed by atoms with Gasteiger partial charge in [0.25, 0.3) is 0 Å². The molecule has 2 aromatic carbocycles. The molecular formula is C28H32N6O. The van der Waals surface area contributed by atoms with Gasteiger partial charge in [-0.1, -0.05) is 6.07 Å². The van der Waals surface area contributed by atoms with Crippen molar-refractivity contribution in [1.29, 1.82) is 5.26 Å². The van der Waals surface area contributed by atoms with Crippen LogP contribution in [0.25, 0.3) is 10.9 Å². The van der Waals surface area contributed by atoms with Crippen LogP contribution >= 0.6 is 0 Å². The van der Waals surface area contributed by atoms with Gasteiger partial charge in [-0.15, -0.1) is 0 Å². The molecular weight excluding hydrogens is 436 g/mol. The Bertz CT molecular complexity index is 1280. The number of ether oxygens (including phenoxy) is 1. The molecule has 0 bridgehead atoms. The van der Waals surface area contributed by atoms with Gasteiger partial charge in [-0.2, -0.15) is 5.26 Å². The van der Waals surface area contributed by atoms with Crippen molar-refractivity contribution in [3.8, 4) is 6.07 Å². The van der Waals surface area contributed by atoms with Gasteiger partial charge in [0.05, 0.1) is 23.7 Å². The number of hydrogen-bond acceptors (Lipinski definition) is 7. The highest BCUT2D eigenvalue weighted by Gasteiger charge is 2.39. The van der Waals surface area contributed by atoms with Crippen molar-refractivity contribution in [2.75, 3.05) is 56.2 Å². The summed E-state index contributed by atoms with van der Waals surface area (Å²) in [6.07, 6.45) is 1.77. The van der Waals surface area contributed by atoms with E-state index in [1.807, 2.05) is 12.1 Å². The summed E-state index contributed by atoms with van der Waals surface area (Å²) in [4.78, 5) is 12.2. The number of fused-ring (bicyclic) bond motifs is 4. The number of anilines is 2. The normalized spacial score (nSPS) is 24.3. The number of nitrogens with zero attached hydrogens (tertiary/aromatic N) is 5. The first kappa shape index (κ1) is 22.3. The fourth-order valence-corrected chi connectivity index (χ4v) is 6.20. The lowest BCUT2D eigenvalue weighted by molar-refractivity contribution is 0.134. The van der Waals surface area contributed by atoms with Gasteiger partial charge in [0.15, 0.2) is 0 Å². The summed E-state index contributed by atoms with van der Waals surface area (Å²) in [6, 6.07) is 18.6. The number of aromatic nitrogens is 1. The molecule has 3 aliphatic heterocycles. The largest absolute Gasteiger partial charge is 0.383 e. The molecule has 6 rings (SSSR count). The summed E-state index contributed by atoms with van der Waals surface area (Å²) in [7, 11) is 1.77. The highest BCUT2D eigenvalue weighted by atomic mass is 16.5. The van der Waals surface area contributed by atoms with Gasteiger partial charge in [0.2, 0.25) is 0 Å². The first-order chi connectivity index (χ1) is 17.2. The first-order valence-electron chi connectivity index (χ1n) is 12.5. The summed E-state index contributed by atoms with van der Waals surface area (Å²) in [5.74, 6) is 0. The van der Waals surface area contributed by atoms with Gasteiger partial charge in [-0.3, -0.25) is 9.88 Å². The Balaban J connectivity index is 1.28. The van der Waals surface area contributed by atoms with Gasteiger partial charge < -0.3 is 19.9 Å². The third kappa shape index (κ3) is 3.92. The Morgan fingerprint density at radius 1 is 1.14 bits per heavy atom. The Hall–Kier alpha value is -3.18. The van der Waals surface area contributed by atoms with Crippen LogP contribution in [0.15, 0.2) is 48.7 Å². The Labute approximate surface area is 206 Å². The molecule has 3 atom stereocenters. The van der Waals surface area contributed by atoms with Crippen molar-refractivity contribution in [2.45, 2.75) is 31.6 Å². The number of rotatable bonds is 4. The summed E-state index contributed by atoms with van der Waals surface area (Å²) >= 11 is 0. The molecule has 0 spiro atoms. The lowest BCUT2D eigenvalue weighted by Crippen LogP contribution is -2.52. The van der Waals surface area contributed by atoms with Crippen molar-refractivity contribution >= 4 is 22.3 Å². The second kappa shape index (κ2) is 9.12. The van der Waals surface area contributed by atoms with Gasteiger partial charge >= 0.3 is 0 Å². The van der Waals surface area contributed by atoms with Crippen LogP contribution < -0.4 is 15.1 Å². The summed E-state index contributed by atoms with van der Waals surface area (Å²) < 4.78 is 5.38. The zero-order chi connectivity index (χ0) is 23.9. The summed E-state index contributed by atoms with van der Waals surface area (Å²) in [5.41, 5.74) is 6.82. The van der Waals surface area contributed by atoms with Crippen molar-refractivity contribution in [3.05, 3.63) is 65.4 Å². The molecule has 0 unspecified atom stereocenters. The van der Waals surface area contributed by atoms with Crippen LogP contribution in [0.1, 0.15) is 29.7 Å². The molecule has 1 N–H and O–H groups in total. The molecule has 1 aromatic heterocycles. The molecule has 0 amide bonds. The molecule has 2 fully saturated rings. The van der Waals surface area contributed by atoms with E-state index < -0.39 is 0 Å². The minimum atomic E-state index is 0.370. The molecule has 4 heterocycles. The van der Waals surface area contributed by atoms with E-state index in [4.69, 9.17) is 4.74 Å². The molecule has 3 aromatic rings. The molecule has 3 aliphatic rings. The predicted octanol–water partition coefficient (Wildman–Crippen LogP) is 3.30.